The van der Waals surface area contributed by atoms with Crippen molar-refractivity contribution in [3.8, 4) is 11.8 Å². The predicted molar refractivity (Wildman–Crippen MR) is 69.3 cm³/mol. The highest BCUT2D eigenvalue weighted by Crippen LogP contribution is 2.13. The molecule has 96 valence electrons. The van der Waals surface area contributed by atoms with Crippen LogP contribution in [0.5, 0.6) is 0 Å². The highest BCUT2D eigenvalue weighted by molar-refractivity contribution is 7.10. The maximum absolute atomic E-state index is 11.8. The summed E-state index contributed by atoms with van der Waals surface area (Å²) in [7, 11) is 1.51. The van der Waals surface area contributed by atoms with Gasteiger partial charge in [-0.3, -0.25) is 9.59 Å². The van der Waals surface area contributed by atoms with Crippen LogP contribution in [0.25, 0.3) is 0 Å². The van der Waals surface area contributed by atoms with E-state index in [4.69, 9.17) is 5.11 Å². The van der Waals surface area contributed by atoms with Crippen LogP contribution in [0.4, 0.5) is 0 Å². The molecule has 0 aliphatic carbocycles. The van der Waals surface area contributed by atoms with Crippen LogP contribution in [-0.2, 0) is 4.79 Å². The molecule has 1 rings (SSSR count). The second-order valence-corrected chi connectivity index (χ2v) is 4.38. The molecule has 18 heavy (non-hydrogen) atoms. The Balaban J connectivity index is 2.67. The van der Waals surface area contributed by atoms with Gasteiger partial charge in [0.15, 0.2) is 0 Å². The van der Waals surface area contributed by atoms with Gasteiger partial charge < -0.3 is 15.7 Å². The Morgan fingerprint density at radius 2 is 2.28 bits per heavy atom. The summed E-state index contributed by atoms with van der Waals surface area (Å²) in [6.07, 6.45) is 0. The van der Waals surface area contributed by atoms with Crippen LogP contribution in [0.1, 0.15) is 22.2 Å². The fourth-order valence-corrected chi connectivity index (χ4v) is 1.96. The molecule has 1 aromatic heterocycles. The number of carbonyl (C=O) groups excluding carboxylic acids is 2. The second-order valence-electron chi connectivity index (χ2n) is 3.47. The van der Waals surface area contributed by atoms with Crippen molar-refractivity contribution in [3.63, 3.8) is 0 Å². The minimum atomic E-state index is -0.589. The molecule has 0 saturated carbocycles. The van der Waals surface area contributed by atoms with Gasteiger partial charge in [-0.1, -0.05) is 11.8 Å². The first kappa shape index (κ1) is 14.2. The number of thiophene rings is 1. The molecule has 0 fully saturated rings. The molecule has 1 unspecified atom stereocenters. The van der Waals surface area contributed by atoms with Crippen molar-refractivity contribution in [1.82, 2.24) is 10.6 Å². The summed E-state index contributed by atoms with van der Waals surface area (Å²) in [5.41, 5.74) is 0.456. The number of hydrogen-bond donors (Lipinski definition) is 3. The lowest BCUT2D eigenvalue weighted by atomic mass is 10.2. The number of amides is 2. The molecule has 0 aromatic carbocycles. The average Bonchev–Trinajstić information content (AvgIpc) is 2.83. The van der Waals surface area contributed by atoms with E-state index in [0.29, 0.717) is 10.4 Å². The van der Waals surface area contributed by atoms with Crippen molar-refractivity contribution in [3.05, 3.63) is 21.9 Å². The van der Waals surface area contributed by atoms with Crippen LogP contribution in [0, 0.1) is 11.8 Å². The van der Waals surface area contributed by atoms with Crippen LogP contribution >= 0.6 is 11.3 Å². The third-order valence-electron chi connectivity index (χ3n) is 2.14. The van der Waals surface area contributed by atoms with E-state index < -0.39 is 6.04 Å². The molecule has 1 atom stereocenters. The van der Waals surface area contributed by atoms with E-state index >= 15 is 0 Å². The smallest absolute Gasteiger partial charge is 0.252 e. The van der Waals surface area contributed by atoms with E-state index in [1.807, 2.05) is 0 Å². The zero-order valence-electron chi connectivity index (χ0n) is 10.1. The standard InChI is InChI=1S/C12H14N2O3S/c1-8(11(16)13-2)14-12(17)9-6-10(18-7-9)4-3-5-15/h6-8,15H,5H2,1-2H3,(H,13,16)(H,14,17). The molecule has 1 aromatic rings. The van der Waals surface area contributed by atoms with E-state index in [9.17, 15) is 9.59 Å². The molecular weight excluding hydrogens is 252 g/mol. The quantitative estimate of drug-likeness (QED) is 0.672. The number of aliphatic hydroxyl groups excluding tert-OH is 1. The largest absolute Gasteiger partial charge is 0.384 e. The van der Waals surface area contributed by atoms with Gasteiger partial charge in [0.05, 0.1) is 10.4 Å². The van der Waals surface area contributed by atoms with Gasteiger partial charge in [-0.2, -0.15) is 0 Å². The van der Waals surface area contributed by atoms with Gasteiger partial charge in [0.1, 0.15) is 12.6 Å². The molecule has 5 nitrogen and oxygen atoms in total. The number of nitrogens with one attached hydrogen (secondary N) is 2. The van der Waals surface area contributed by atoms with Crippen LogP contribution in [0.2, 0.25) is 0 Å². The summed E-state index contributed by atoms with van der Waals surface area (Å²) in [6.45, 7) is 1.39. The van der Waals surface area contributed by atoms with Crippen LogP contribution in [-0.4, -0.2) is 36.6 Å². The lowest BCUT2D eigenvalue weighted by molar-refractivity contribution is -0.122. The normalized spacial score (nSPS) is 11.1. The SMILES string of the molecule is CNC(=O)C(C)NC(=O)c1csc(C#CCO)c1. The highest BCUT2D eigenvalue weighted by Gasteiger charge is 2.15. The Labute approximate surface area is 109 Å². The van der Waals surface area contributed by atoms with Crippen molar-refractivity contribution in [2.24, 2.45) is 0 Å². The van der Waals surface area contributed by atoms with Crippen LogP contribution in [0.3, 0.4) is 0 Å². The minimum absolute atomic E-state index is 0.215. The first-order chi connectivity index (χ1) is 8.58. The zero-order valence-corrected chi connectivity index (χ0v) is 10.9. The zero-order chi connectivity index (χ0) is 13.5. The minimum Gasteiger partial charge on any atom is -0.384 e. The number of likely N-dealkylation sites (N-methyl/N-ethyl adjacent to an activating group) is 1. The van der Waals surface area contributed by atoms with Crippen LogP contribution < -0.4 is 10.6 Å². The molecule has 1 heterocycles. The summed E-state index contributed by atoms with van der Waals surface area (Å²) >= 11 is 1.31. The third kappa shape index (κ3) is 3.87. The average molecular weight is 266 g/mol. The first-order valence-electron chi connectivity index (χ1n) is 5.29. The van der Waals surface area contributed by atoms with Gasteiger partial charge in [-0.05, 0) is 13.0 Å². The lowest BCUT2D eigenvalue weighted by Crippen LogP contribution is -2.43. The van der Waals surface area contributed by atoms with Gasteiger partial charge in [0, 0.05) is 12.4 Å². The maximum Gasteiger partial charge on any atom is 0.252 e. The summed E-state index contributed by atoms with van der Waals surface area (Å²) in [6, 6.07) is 1.04. The molecule has 0 spiro atoms. The Bertz CT molecular complexity index is 499. The van der Waals surface area contributed by atoms with Crippen LogP contribution in [0.15, 0.2) is 11.4 Å². The molecule has 0 aliphatic rings. The molecule has 0 aliphatic heterocycles. The van der Waals surface area contributed by atoms with Gasteiger partial charge in [0.25, 0.3) is 5.91 Å². The van der Waals surface area contributed by atoms with Crippen molar-refractivity contribution < 1.29 is 14.7 Å². The third-order valence-corrected chi connectivity index (χ3v) is 2.99. The summed E-state index contributed by atoms with van der Waals surface area (Å²) in [4.78, 5) is 23.7. The Morgan fingerprint density at radius 3 is 2.89 bits per heavy atom. The monoisotopic (exact) mass is 266 g/mol. The van der Waals surface area contributed by atoms with E-state index in [2.05, 4.69) is 22.5 Å². The number of hydrogen-bond acceptors (Lipinski definition) is 4. The van der Waals surface area contributed by atoms with E-state index in [1.54, 1.807) is 18.4 Å². The topological polar surface area (TPSA) is 78.4 Å². The molecule has 0 radical (unpaired) electrons. The molecule has 6 heteroatoms. The summed E-state index contributed by atoms with van der Waals surface area (Å²) < 4.78 is 0. The first-order valence-corrected chi connectivity index (χ1v) is 6.17. The Kier molecular flexibility index (Phi) is 5.36. The number of aliphatic hydroxyl groups is 1. The molecule has 0 saturated heterocycles. The van der Waals surface area contributed by atoms with E-state index in [0.717, 1.165) is 0 Å². The van der Waals surface area contributed by atoms with Crippen molar-refractivity contribution in [2.75, 3.05) is 13.7 Å². The van der Waals surface area contributed by atoms with Crippen molar-refractivity contribution in [2.45, 2.75) is 13.0 Å². The molecule has 3 N–H and O–H groups in total. The number of rotatable bonds is 3. The second kappa shape index (κ2) is 6.79. The summed E-state index contributed by atoms with van der Waals surface area (Å²) in [5, 5.41) is 15.2. The molecular formula is C12H14N2O3S. The van der Waals surface area contributed by atoms with Crippen molar-refractivity contribution in [1.29, 1.82) is 0 Å². The van der Waals surface area contributed by atoms with E-state index in [1.165, 1.54) is 18.4 Å². The van der Waals surface area contributed by atoms with Gasteiger partial charge in [0.2, 0.25) is 5.91 Å². The summed E-state index contributed by atoms with van der Waals surface area (Å²) in [5.74, 6) is 4.65. The number of carbonyl (C=O) groups is 2. The van der Waals surface area contributed by atoms with E-state index in [-0.39, 0.29) is 18.4 Å². The predicted octanol–water partition coefficient (Wildman–Crippen LogP) is -0.0438. The van der Waals surface area contributed by atoms with Gasteiger partial charge in [-0.25, -0.2) is 0 Å². The van der Waals surface area contributed by atoms with Gasteiger partial charge in [-0.15, -0.1) is 11.3 Å². The fraction of sp³-hybridized carbons (Fsp3) is 0.333. The molecule has 2 amide bonds. The lowest BCUT2D eigenvalue weighted by Gasteiger charge is -2.11. The highest BCUT2D eigenvalue weighted by atomic mass is 32.1. The maximum atomic E-state index is 11.8. The molecule has 0 bridgehead atoms. The van der Waals surface area contributed by atoms with Gasteiger partial charge >= 0.3 is 0 Å². The fourth-order valence-electron chi connectivity index (χ4n) is 1.21. The Hall–Kier alpha value is -1.84. The van der Waals surface area contributed by atoms with Crippen molar-refractivity contribution >= 4 is 23.2 Å². The Morgan fingerprint density at radius 1 is 1.56 bits per heavy atom.